The summed E-state index contributed by atoms with van der Waals surface area (Å²) in [5.41, 5.74) is 9.80. The zero-order valence-corrected chi connectivity index (χ0v) is 35.9. The first-order valence-electron chi connectivity index (χ1n) is 25.1. The van der Waals surface area contributed by atoms with Gasteiger partial charge in [-0.05, 0) is 193 Å². The largest absolute Gasteiger partial charge is 0.208 e. The summed E-state index contributed by atoms with van der Waals surface area (Å²) in [6.07, 6.45) is 18.0. The lowest BCUT2D eigenvalue weighted by Gasteiger charge is -2.74. The van der Waals surface area contributed by atoms with Crippen molar-refractivity contribution in [3.05, 3.63) is 126 Å². The predicted molar refractivity (Wildman–Crippen MR) is 247 cm³/mol. The van der Waals surface area contributed by atoms with Gasteiger partial charge in [0.2, 0.25) is 0 Å². The van der Waals surface area contributed by atoms with E-state index in [0.29, 0.717) is 10.8 Å². The molecule has 0 spiro atoms. The van der Waals surface area contributed by atoms with E-state index in [-0.39, 0.29) is 0 Å². The van der Waals surface area contributed by atoms with Crippen LogP contribution in [0.15, 0.2) is 115 Å². The third-order valence-corrected chi connectivity index (χ3v) is 21.4. The maximum Gasteiger partial charge on any atom is 0.164 e. The van der Waals surface area contributed by atoms with Gasteiger partial charge in [0, 0.05) is 27.5 Å². The van der Waals surface area contributed by atoms with Crippen LogP contribution in [-0.2, 0) is 10.8 Å². The molecule has 308 valence electrons. The Morgan fingerprint density at radius 3 is 1.19 bits per heavy atom. The molecule has 6 aromatic rings. The maximum atomic E-state index is 5.37. The van der Waals surface area contributed by atoms with Crippen molar-refractivity contribution < 1.29 is 0 Å². The molecule has 0 radical (unpaired) electrons. The second kappa shape index (κ2) is 12.1. The number of nitrogens with zero attached hydrogens (tertiary/aromatic N) is 3. The number of hydrogen-bond donors (Lipinski definition) is 0. The number of hydrogen-bond acceptors (Lipinski definition) is 3. The highest BCUT2D eigenvalue weighted by Gasteiger charge is 2.71. The van der Waals surface area contributed by atoms with E-state index in [0.717, 1.165) is 117 Å². The van der Waals surface area contributed by atoms with Crippen molar-refractivity contribution in [2.45, 2.75) is 87.9 Å². The Kier molecular flexibility index (Phi) is 6.81. The van der Waals surface area contributed by atoms with Crippen LogP contribution in [0.4, 0.5) is 0 Å². The summed E-state index contributed by atoms with van der Waals surface area (Å²) in [5, 5.41) is 2.55. The lowest BCUT2D eigenvalue weighted by atomic mass is 9.30. The van der Waals surface area contributed by atoms with Crippen LogP contribution >= 0.6 is 0 Å². The number of rotatable bonds is 6. The molecule has 14 aliphatic rings. The number of benzene rings is 5. The highest BCUT2D eigenvalue weighted by Crippen LogP contribution is 2.77. The van der Waals surface area contributed by atoms with Crippen molar-refractivity contribution in [1.29, 1.82) is 0 Å². The molecular weight excluding hydrogens is 751 g/mol. The molecule has 14 saturated carbocycles. The molecule has 3 heteroatoms. The highest BCUT2D eigenvalue weighted by atomic mass is 15.0. The minimum absolute atomic E-state index is 0.404. The summed E-state index contributed by atoms with van der Waals surface area (Å²) in [4.78, 5) is 16.0. The molecule has 5 aromatic carbocycles. The van der Waals surface area contributed by atoms with Gasteiger partial charge in [-0.2, -0.15) is 0 Å². The van der Waals surface area contributed by atoms with Gasteiger partial charge in [0.05, 0.1) is 0 Å². The van der Waals surface area contributed by atoms with Crippen LogP contribution in [-0.4, -0.2) is 15.0 Å². The van der Waals surface area contributed by atoms with E-state index in [2.05, 4.69) is 115 Å². The first kappa shape index (κ1) is 34.8. The molecule has 0 saturated heterocycles. The van der Waals surface area contributed by atoms with Crippen molar-refractivity contribution in [3.8, 4) is 45.3 Å². The average Bonchev–Trinajstić information content (AvgIpc) is 3.34. The monoisotopic (exact) mass is 807 g/mol. The van der Waals surface area contributed by atoms with E-state index in [1.54, 1.807) is 24.0 Å². The van der Waals surface area contributed by atoms with Crippen molar-refractivity contribution in [1.82, 2.24) is 15.0 Å². The number of aromatic nitrogens is 3. The minimum atomic E-state index is 0.404. The van der Waals surface area contributed by atoms with Crippen LogP contribution in [0.25, 0.3) is 56.1 Å². The van der Waals surface area contributed by atoms with Gasteiger partial charge < -0.3 is 0 Å². The fourth-order valence-electron chi connectivity index (χ4n) is 19.9. The van der Waals surface area contributed by atoms with Gasteiger partial charge in [0.1, 0.15) is 0 Å². The summed E-state index contributed by atoms with van der Waals surface area (Å²) in [7, 11) is 0. The third kappa shape index (κ3) is 4.42. The zero-order chi connectivity index (χ0) is 40.1. The Morgan fingerprint density at radius 1 is 0.339 bits per heavy atom. The van der Waals surface area contributed by atoms with Gasteiger partial charge >= 0.3 is 0 Å². The topological polar surface area (TPSA) is 38.7 Å². The van der Waals surface area contributed by atoms with E-state index >= 15 is 0 Å². The van der Waals surface area contributed by atoms with Crippen molar-refractivity contribution >= 4 is 10.8 Å². The van der Waals surface area contributed by atoms with Crippen LogP contribution in [0.5, 0.6) is 0 Å². The van der Waals surface area contributed by atoms with Crippen molar-refractivity contribution in [2.24, 2.45) is 82.9 Å². The van der Waals surface area contributed by atoms with Crippen LogP contribution in [0.1, 0.15) is 88.2 Å². The van der Waals surface area contributed by atoms with Crippen LogP contribution in [0, 0.1) is 82.9 Å². The lowest BCUT2D eigenvalue weighted by Crippen LogP contribution is -2.69. The molecule has 0 aliphatic heterocycles. The summed E-state index contributed by atoms with van der Waals surface area (Å²) in [6.45, 7) is 0. The highest BCUT2D eigenvalue weighted by molar-refractivity contribution is 5.96. The van der Waals surface area contributed by atoms with E-state index in [9.17, 15) is 0 Å². The summed E-state index contributed by atoms with van der Waals surface area (Å²) < 4.78 is 0. The third-order valence-electron chi connectivity index (χ3n) is 21.4. The fourth-order valence-corrected chi connectivity index (χ4v) is 19.9. The summed E-state index contributed by atoms with van der Waals surface area (Å²) in [5.74, 6) is 15.9. The van der Waals surface area contributed by atoms with E-state index in [1.807, 2.05) is 0 Å². The molecule has 1 aromatic heterocycles. The fraction of sp³-hybridized carbons (Fsp3) is 0.475. The molecule has 8 atom stereocenters. The van der Waals surface area contributed by atoms with E-state index < -0.39 is 0 Å². The quantitative estimate of drug-likeness (QED) is 0.168. The standard InChI is InChI=1S/C59H57N3/c1-2-6-43-36(4-1)5-3-7-44(43)37-8-10-38(11-9-37)55-60-56(39-12-16-41(17-13-39)58-30-34-22-47-45-20-32(26-51(47)58)27-52(58)48(45)23-34)62-57(61-55)40-14-18-42(19-15-40)59-31-35-24-49-46-21-33(28-53(49)59)29-54(59)50(46)25-35/h1-19,32-35,45-54H,20-31H2. The minimum Gasteiger partial charge on any atom is -0.208 e. The number of fused-ring (bicyclic) bond motifs is 1. The van der Waals surface area contributed by atoms with Crippen molar-refractivity contribution in [2.75, 3.05) is 0 Å². The van der Waals surface area contributed by atoms with Gasteiger partial charge in [-0.15, -0.1) is 0 Å². The van der Waals surface area contributed by atoms with Gasteiger partial charge in [-0.3, -0.25) is 0 Å². The Morgan fingerprint density at radius 2 is 0.726 bits per heavy atom. The van der Waals surface area contributed by atoms with Gasteiger partial charge in [0.25, 0.3) is 0 Å². The molecule has 0 N–H and O–H groups in total. The first-order chi connectivity index (χ1) is 30.6. The van der Waals surface area contributed by atoms with Crippen molar-refractivity contribution in [3.63, 3.8) is 0 Å². The zero-order valence-electron chi connectivity index (χ0n) is 35.9. The first-order valence-corrected chi connectivity index (χ1v) is 25.1. The molecular formula is C59H57N3. The second-order valence-corrected chi connectivity index (χ2v) is 23.3. The van der Waals surface area contributed by atoms with Gasteiger partial charge in [-0.25, -0.2) is 15.0 Å². The average molecular weight is 808 g/mol. The van der Waals surface area contributed by atoms with Crippen LogP contribution < -0.4 is 0 Å². The van der Waals surface area contributed by atoms with E-state index in [1.165, 1.54) is 86.1 Å². The predicted octanol–water partition coefficient (Wildman–Crippen LogP) is 13.6. The molecule has 1 heterocycles. The normalized spacial score (nSPS) is 41.5. The molecule has 62 heavy (non-hydrogen) atoms. The Hall–Kier alpha value is -4.63. The second-order valence-electron chi connectivity index (χ2n) is 23.3. The molecule has 0 amide bonds. The van der Waals surface area contributed by atoms with E-state index in [4.69, 9.17) is 15.0 Å². The van der Waals surface area contributed by atoms with Gasteiger partial charge in [-0.1, -0.05) is 115 Å². The molecule has 3 nitrogen and oxygen atoms in total. The van der Waals surface area contributed by atoms with Crippen LogP contribution in [0.3, 0.4) is 0 Å². The summed E-state index contributed by atoms with van der Waals surface area (Å²) in [6, 6.07) is 43.9. The van der Waals surface area contributed by atoms with Crippen LogP contribution in [0.2, 0.25) is 0 Å². The Balaban J connectivity index is 0.786. The molecule has 16 bridgehead atoms. The SMILES string of the molecule is c1ccc2c(-c3ccc(-c4nc(-c5ccc(C67CC8CC9C%10CC(CC96)CC7C%10C8)cc5)nc(-c5ccc(C67CC8CC9C%10CC(CC96)CC7C%10C8)cc5)n4)cc3)cccc2c1. The smallest absolute Gasteiger partial charge is 0.164 e. The summed E-state index contributed by atoms with van der Waals surface area (Å²) >= 11 is 0. The molecule has 14 fully saturated rings. The maximum absolute atomic E-state index is 5.37. The van der Waals surface area contributed by atoms with Gasteiger partial charge in [0.15, 0.2) is 17.5 Å². The Bertz CT molecular complexity index is 2640. The lowest BCUT2D eigenvalue weighted by molar-refractivity contribution is -0.220. The molecule has 8 unspecified atom stereocenters. The molecule has 20 rings (SSSR count). The Labute approximate surface area is 366 Å². The molecule has 14 aliphatic carbocycles.